The van der Waals surface area contributed by atoms with E-state index < -0.39 is 6.16 Å². The molecule has 0 heterocycles. The van der Waals surface area contributed by atoms with Crippen LogP contribution in [0, 0.1) is 6.92 Å². The number of nitrogens with one attached hydrogen (secondary N) is 2. The Balaban J connectivity index is 1.42. The van der Waals surface area contributed by atoms with Crippen LogP contribution < -0.4 is 20.1 Å². The smallest absolute Gasteiger partial charge is 0.493 e. The fraction of sp³-hybridized carbons (Fsp3) is 0.250. The summed E-state index contributed by atoms with van der Waals surface area (Å²) in [7, 11) is 0. The van der Waals surface area contributed by atoms with Gasteiger partial charge >= 0.3 is 6.16 Å². The number of para-hydroxylation sites is 1. The van der Waals surface area contributed by atoms with Crippen molar-refractivity contribution in [2.75, 3.05) is 18.5 Å². The number of hydrogen-bond donors (Lipinski definition) is 2. The van der Waals surface area contributed by atoms with Gasteiger partial charge in [-0.2, -0.15) is 0 Å². The topological polar surface area (TPSA) is 103 Å². The molecule has 3 aromatic carbocycles. The van der Waals surface area contributed by atoms with Crippen molar-refractivity contribution >= 4 is 23.7 Å². The fourth-order valence-electron chi connectivity index (χ4n) is 3.32. The SMILES string of the molecule is CCOC(=O)Oc1ccc(C(=O)NCc2cccc(NC(=O)CCCOc3ccccc3C)c2)cc1. The molecular weight excluding hydrogens is 460 g/mol. The Labute approximate surface area is 210 Å². The molecule has 0 bridgehead atoms. The maximum Gasteiger partial charge on any atom is 0.513 e. The van der Waals surface area contributed by atoms with Gasteiger partial charge in [0.1, 0.15) is 11.5 Å². The molecule has 0 saturated carbocycles. The highest BCUT2D eigenvalue weighted by atomic mass is 16.7. The maximum atomic E-state index is 12.5. The van der Waals surface area contributed by atoms with E-state index in [1.54, 1.807) is 25.1 Å². The Kier molecular flexibility index (Phi) is 9.88. The van der Waals surface area contributed by atoms with Crippen molar-refractivity contribution < 1.29 is 28.6 Å². The van der Waals surface area contributed by atoms with Crippen molar-refractivity contribution in [3.63, 3.8) is 0 Å². The van der Waals surface area contributed by atoms with Gasteiger partial charge in [0.05, 0.1) is 13.2 Å². The van der Waals surface area contributed by atoms with Gasteiger partial charge in [0.15, 0.2) is 0 Å². The molecule has 188 valence electrons. The summed E-state index contributed by atoms with van der Waals surface area (Å²) in [5.74, 6) is 0.735. The standard InChI is InChI=1S/C28H30N2O6/c1-3-34-28(33)36-24-15-13-22(14-16-24)27(32)29-19-21-9-6-10-23(18-21)30-26(31)12-7-17-35-25-11-5-4-8-20(25)2/h4-6,8-11,13-16,18H,3,7,12,17,19H2,1-2H3,(H,29,32)(H,30,31). The first-order chi connectivity index (χ1) is 17.4. The predicted octanol–water partition coefficient (Wildman–Crippen LogP) is 5.26. The van der Waals surface area contributed by atoms with Crippen molar-refractivity contribution in [1.82, 2.24) is 5.32 Å². The predicted molar refractivity (Wildman–Crippen MR) is 136 cm³/mol. The zero-order chi connectivity index (χ0) is 25.8. The molecule has 0 saturated heterocycles. The van der Waals surface area contributed by atoms with E-state index in [2.05, 4.69) is 10.6 Å². The number of anilines is 1. The average Bonchev–Trinajstić information content (AvgIpc) is 2.87. The second kappa shape index (κ2) is 13.5. The second-order valence-corrected chi connectivity index (χ2v) is 7.96. The summed E-state index contributed by atoms with van der Waals surface area (Å²) in [6.45, 7) is 4.63. The number of carbonyl (C=O) groups excluding carboxylic acids is 3. The van der Waals surface area contributed by atoms with Gasteiger partial charge in [-0.25, -0.2) is 4.79 Å². The van der Waals surface area contributed by atoms with Crippen LogP contribution in [-0.2, 0) is 16.1 Å². The molecule has 0 aromatic heterocycles. The van der Waals surface area contributed by atoms with Crippen LogP contribution in [0.5, 0.6) is 11.5 Å². The molecular formula is C28H30N2O6. The molecule has 3 aromatic rings. The number of benzene rings is 3. The number of amides is 2. The van der Waals surface area contributed by atoms with Gasteiger partial charge in [-0.3, -0.25) is 9.59 Å². The Hall–Kier alpha value is -4.33. The number of rotatable bonds is 11. The van der Waals surface area contributed by atoms with E-state index in [-0.39, 0.29) is 30.7 Å². The average molecular weight is 491 g/mol. The number of ether oxygens (including phenoxy) is 3. The van der Waals surface area contributed by atoms with Gasteiger partial charge < -0.3 is 24.8 Å². The Morgan fingerprint density at radius 1 is 0.917 bits per heavy atom. The molecule has 2 amide bonds. The molecule has 8 heteroatoms. The normalized spacial score (nSPS) is 10.3. The number of hydrogen-bond acceptors (Lipinski definition) is 6. The molecule has 0 fully saturated rings. The van der Waals surface area contributed by atoms with Crippen LogP contribution in [0.3, 0.4) is 0 Å². The quantitative estimate of drug-likeness (QED) is 0.216. The molecule has 0 atom stereocenters. The zero-order valence-corrected chi connectivity index (χ0v) is 20.4. The van der Waals surface area contributed by atoms with Crippen molar-refractivity contribution in [2.45, 2.75) is 33.2 Å². The van der Waals surface area contributed by atoms with Crippen molar-refractivity contribution in [1.29, 1.82) is 0 Å². The summed E-state index contributed by atoms with van der Waals surface area (Å²) in [6.07, 6.45) is 0.139. The molecule has 36 heavy (non-hydrogen) atoms. The van der Waals surface area contributed by atoms with Crippen molar-refractivity contribution in [3.8, 4) is 11.5 Å². The van der Waals surface area contributed by atoms with Gasteiger partial charge in [0, 0.05) is 24.2 Å². The monoisotopic (exact) mass is 490 g/mol. The summed E-state index contributed by atoms with van der Waals surface area (Å²) in [4.78, 5) is 36.1. The summed E-state index contributed by atoms with van der Waals surface area (Å²) >= 11 is 0. The molecule has 0 radical (unpaired) electrons. The van der Waals surface area contributed by atoms with Crippen LogP contribution in [-0.4, -0.2) is 31.2 Å². The molecule has 2 N–H and O–H groups in total. The highest BCUT2D eigenvalue weighted by Crippen LogP contribution is 2.17. The first kappa shape index (κ1) is 26.3. The lowest BCUT2D eigenvalue weighted by Gasteiger charge is -2.10. The first-order valence-electron chi connectivity index (χ1n) is 11.7. The molecule has 3 rings (SSSR count). The Bertz CT molecular complexity index is 1180. The van der Waals surface area contributed by atoms with Gasteiger partial charge in [0.2, 0.25) is 5.91 Å². The summed E-state index contributed by atoms with van der Waals surface area (Å²) in [5, 5.41) is 5.72. The van der Waals surface area contributed by atoms with Crippen LogP contribution >= 0.6 is 0 Å². The highest BCUT2D eigenvalue weighted by Gasteiger charge is 2.09. The lowest BCUT2D eigenvalue weighted by atomic mass is 10.1. The summed E-state index contributed by atoms with van der Waals surface area (Å²) in [5.41, 5.74) is 2.98. The molecule has 0 spiro atoms. The lowest BCUT2D eigenvalue weighted by Crippen LogP contribution is -2.22. The minimum atomic E-state index is -0.794. The van der Waals surface area contributed by atoms with Crippen LogP contribution in [0.25, 0.3) is 0 Å². The highest BCUT2D eigenvalue weighted by molar-refractivity contribution is 5.94. The van der Waals surface area contributed by atoms with Gasteiger partial charge in [-0.15, -0.1) is 0 Å². The Morgan fingerprint density at radius 2 is 1.69 bits per heavy atom. The molecule has 0 aliphatic rings. The van der Waals surface area contributed by atoms with E-state index in [0.717, 1.165) is 16.9 Å². The zero-order valence-electron chi connectivity index (χ0n) is 20.4. The summed E-state index contributed by atoms with van der Waals surface area (Å²) < 4.78 is 15.4. The third kappa shape index (κ3) is 8.47. The van der Waals surface area contributed by atoms with E-state index in [4.69, 9.17) is 14.2 Å². The van der Waals surface area contributed by atoms with E-state index in [0.29, 0.717) is 30.7 Å². The molecule has 0 aliphatic heterocycles. The van der Waals surface area contributed by atoms with Crippen molar-refractivity contribution in [3.05, 3.63) is 89.5 Å². The van der Waals surface area contributed by atoms with Crippen LogP contribution in [0.2, 0.25) is 0 Å². The third-order valence-electron chi connectivity index (χ3n) is 5.14. The van der Waals surface area contributed by atoms with Crippen LogP contribution in [0.4, 0.5) is 10.5 Å². The van der Waals surface area contributed by atoms with Crippen molar-refractivity contribution in [2.24, 2.45) is 0 Å². The fourth-order valence-corrected chi connectivity index (χ4v) is 3.32. The van der Waals surface area contributed by atoms with Crippen LogP contribution in [0.1, 0.15) is 41.3 Å². The largest absolute Gasteiger partial charge is 0.513 e. The van der Waals surface area contributed by atoms with Crippen LogP contribution in [0.15, 0.2) is 72.8 Å². The second-order valence-electron chi connectivity index (χ2n) is 7.96. The Morgan fingerprint density at radius 3 is 2.44 bits per heavy atom. The molecule has 8 nitrogen and oxygen atoms in total. The lowest BCUT2D eigenvalue weighted by molar-refractivity contribution is -0.116. The van der Waals surface area contributed by atoms with E-state index in [9.17, 15) is 14.4 Å². The minimum absolute atomic E-state index is 0.102. The minimum Gasteiger partial charge on any atom is -0.493 e. The van der Waals surface area contributed by atoms with Gasteiger partial charge in [-0.1, -0.05) is 30.3 Å². The summed E-state index contributed by atoms with van der Waals surface area (Å²) in [6, 6.07) is 21.2. The van der Waals surface area contributed by atoms with Gasteiger partial charge in [0.25, 0.3) is 5.91 Å². The first-order valence-corrected chi connectivity index (χ1v) is 11.7. The molecule has 0 unspecified atom stereocenters. The third-order valence-corrected chi connectivity index (χ3v) is 5.14. The van der Waals surface area contributed by atoms with E-state index >= 15 is 0 Å². The van der Waals surface area contributed by atoms with Gasteiger partial charge in [-0.05, 0) is 73.9 Å². The van der Waals surface area contributed by atoms with E-state index in [1.807, 2.05) is 49.4 Å². The van der Waals surface area contributed by atoms with E-state index in [1.165, 1.54) is 12.1 Å². The number of carbonyl (C=O) groups is 3. The maximum absolute atomic E-state index is 12.5. The molecule has 0 aliphatic carbocycles. The number of aryl methyl sites for hydroxylation is 1.